The van der Waals surface area contributed by atoms with E-state index in [1.165, 1.54) is 0 Å². The molecule has 0 aliphatic heterocycles. The summed E-state index contributed by atoms with van der Waals surface area (Å²) in [5.74, 6) is 2.20. The van der Waals surface area contributed by atoms with Crippen molar-refractivity contribution in [3.05, 3.63) is 70.0 Å². The van der Waals surface area contributed by atoms with Gasteiger partial charge in [0.25, 0.3) is 0 Å². The molecule has 0 radical (unpaired) electrons. The van der Waals surface area contributed by atoms with Crippen LogP contribution in [0.3, 0.4) is 0 Å². The van der Waals surface area contributed by atoms with Crippen LogP contribution in [0.5, 0.6) is 5.75 Å². The lowest BCUT2D eigenvalue weighted by Gasteiger charge is -2.09. The third-order valence-corrected chi connectivity index (χ3v) is 5.15. The number of hydrogen-bond donors (Lipinski definition) is 0. The number of para-hydroxylation sites is 1. The maximum absolute atomic E-state index is 6.12. The molecule has 4 nitrogen and oxygen atoms in total. The fourth-order valence-electron chi connectivity index (χ4n) is 2.33. The van der Waals surface area contributed by atoms with Gasteiger partial charge >= 0.3 is 0 Å². The highest BCUT2D eigenvalue weighted by molar-refractivity contribution is 7.98. The summed E-state index contributed by atoms with van der Waals surface area (Å²) in [6.45, 7) is 3.15. The normalized spacial score (nSPS) is 10.8. The monoisotopic (exact) mass is 393 g/mol. The van der Waals surface area contributed by atoms with Gasteiger partial charge in [-0.2, -0.15) is 0 Å². The number of benzene rings is 2. The molecule has 0 aliphatic carbocycles. The fourth-order valence-corrected chi connectivity index (χ4v) is 3.70. The highest BCUT2D eigenvalue weighted by Gasteiger charge is 2.13. The number of nitrogens with zero attached hydrogens (tertiary/aromatic N) is 3. The van der Waals surface area contributed by atoms with Crippen molar-refractivity contribution in [3.63, 3.8) is 0 Å². The van der Waals surface area contributed by atoms with Crippen LogP contribution in [-0.4, -0.2) is 14.8 Å². The molecule has 0 atom stereocenters. The van der Waals surface area contributed by atoms with Gasteiger partial charge in [0, 0.05) is 17.3 Å². The second kappa shape index (κ2) is 8.61. The number of thioether (sulfide) groups is 1. The molecular weight excluding hydrogens is 377 g/mol. The van der Waals surface area contributed by atoms with Gasteiger partial charge in [-0.05, 0) is 36.8 Å². The molecule has 130 valence electrons. The van der Waals surface area contributed by atoms with E-state index in [2.05, 4.69) is 17.1 Å². The zero-order chi connectivity index (χ0) is 17.6. The first-order valence-electron chi connectivity index (χ1n) is 7.84. The van der Waals surface area contributed by atoms with Crippen molar-refractivity contribution in [2.24, 2.45) is 0 Å². The van der Waals surface area contributed by atoms with E-state index in [1.54, 1.807) is 17.8 Å². The molecule has 0 saturated heterocycles. The van der Waals surface area contributed by atoms with Gasteiger partial charge in [0.05, 0.1) is 5.02 Å². The van der Waals surface area contributed by atoms with Gasteiger partial charge in [-0.15, -0.1) is 10.2 Å². The van der Waals surface area contributed by atoms with Crippen LogP contribution in [0, 0.1) is 0 Å². The highest BCUT2D eigenvalue weighted by Crippen LogP contribution is 2.26. The Morgan fingerprint density at radius 1 is 1.08 bits per heavy atom. The van der Waals surface area contributed by atoms with Crippen molar-refractivity contribution in [1.82, 2.24) is 14.8 Å². The van der Waals surface area contributed by atoms with Gasteiger partial charge in [-0.3, -0.25) is 0 Å². The van der Waals surface area contributed by atoms with E-state index in [0.29, 0.717) is 17.4 Å². The maximum atomic E-state index is 6.12. The lowest BCUT2D eigenvalue weighted by molar-refractivity contribution is 0.288. The van der Waals surface area contributed by atoms with Crippen LogP contribution in [0.2, 0.25) is 10.0 Å². The Kier molecular flexibility index (Phi) is 6.24. The maximum Gasteiger partial charge on any atom is 0.191 e. The molecule has 0 fully saturated rings. The summed E-state index contributed by atoms with van der Waals surface area (Å²) in [5, 5.41) is 10.7. The smallest absolute Gasteiger partial charge is 0.191 e. The molecule has 0 N–H and O–H groups in total. The van der Waals surface area contributed by atoms with Crippen LogP contribution in [0.25, 0.3) is 0 Å². The quantitative estimate of drug-likeness (QED) is 0.498. The Balaban J connectivity index is 1.67. The molecule has 7 heteroatoms. The van der Waals surface area contributed by atoms with Crippen molar-refractivity contribution in [2.75, 3.05) is 0 Å². The second-order valence-electron chi connectivity index (χ2n) is 5.28. The molecule has 25 heavy (non-hydrogen) atoms. The van der Waals surface area contributed by atoms with Gasteiger partial charge < -0.3 is 9.30 Å². The Hall–Kier alpha value is -1.69. The Labute approximate surface area is 161 Å². The van der Waals surface area contributed by atoms with Crippen LogP contribution in [0.4, 0.5) is 0 Å². The molecule has 1 heterocycles. The minimum atomic E-state index is 0.322. The van der Waals surface area contributed by atoms with Crippen molar-refractivity contribution < 1.29 is 4.74 Å². The van der Waals surface area contributed by atoms with Crippen molar-refractivity contribution in [3.8, 4) is 5.75 Å². The standard InChI is InChI=1S/C18H17Cl2N3OS/c1-2-23-17(11-24-16-9-4-3-8-15(16)20)21-22-18(23)25-12-13-6-5-7-14(19)10-13/h3-10H,2,11-12H2,1H3. The van der Waals surface area contributed by atoms with Gasteiger partial charge in [0.15, 0.2) is 11.0 Å². The molecule has 0 unspecified atom stereocenters. The predicted octanol–water partition coefficient (Wildman–Crippen LogP) is 5.48. The SMILES string of the molecule is CCn1c(COc2ccccc2Cl)nnc1SCc1cccc(Cl)c1. The minimum Gasteiger partial charge on any atom is -0.484 e. The average molecular weight is 394 g/mol. The summed E-state index contributed by atoms with van der Waals surface area (Å²) in [5.41, 5.74) is 1.15. The second-order valence-corrected chi connectivity index (χ2v) is 7.07. The van der Waals surface area contributed by atoms with Crippen LogP contribution in [0.15, 0.2) is 53.7 Å². The third-order valence-electron chi connectivity index (χ3n) is 3.56. The number of rotatable bonds is 7. The first-order valence-corrected chi connectivity index (χ1v) is 9.58. The molecular formula is C18H17Cl2N3OS. The molecule has 3 aromatic rings. The van der Waals surface area contributed by atoms with Crippen LogP contribution in [-0.2, 0) is 18.9 Å². The molecule has 0 saturated carbocycles. The summed E-state index contributed by atoms with van der Waals surface area (Å²) in [4.78, 5) is 0. The van der Waals surface area contributed by atoms with E-state index < -0.39 is 0 Å². The van der Waals surface area contributed by atoms with E-state index in [9.17, 15) is 0 Å². The molecule has 2 aromatic carbocycles. The van der Waals surface area contributed by atoms with Crippen LogP contribution >= 0.6 is 35.0 Å². The number of halogens is 2. The topological polar surface area (TPSA) is 39.9 Å². The number of hydrogen-bond acceptors (Lipinski definition) is 4. The molecule has 0 aliphatic rings. The van der Waals surface area contributed by atoms with E-state index >= 15 is 0 Å². The Morgan fingerprint density at radius 3 is 2.68 bits per heavy atom. The van der Waals surface area contributed by atoms with Crippen molar-refractivity contribution in [1.29, 1.82) is 0 Å². The predicted molar refractivity (Wildman–Crippen MR) is 102 cm³/mol. The van der Waals surface area contributed by atoms with Gasteiger partial charge in [-0.1, -0.05) is 59.2 Å². The number of ether oxygens (including phenoxy) is 1. The minimum absolute atomic E-state index is 0.322. The number of aromatic nitrogens is 3. The molecule has 3 rings (SSSR count). The zero-order valence-corrected chi connectivity index (χ0v) is 16.0. The largest absolute Gasteiger partial charge is 0.484 e. The fraction of sp³-hybridized carbons (Fsp3) is 0.222. The highest BCUT2D eigenvalue weighted by atomic mass is 35.5. The van der Waals surface area contributed by atoms with Crippen molar-refractivity contribution in [2.45, 2.75) is 31.0 Å². The molecule has 0 amide bonds. The van der Waals surface area contributed by atoms with E-state index in [1.807, 2.05) is 47.0 Å². The molecule has 1 aromatic heterocycles. The average Bonchev–Trinajstić information content (AvgIpc) is 3.01. The van der Waals surface area contributed by atoms with Gasteiger partial charge in [0.1, 0.15) is 12.4 Å². The van der Waals surface area contributed by atoms with Crippen LogP contribution in [0.1, 0.15) is 18.3 Å². The lowest BCUT2D eigenvalue weighted by Crippen LogP contribution is -2.07. The molecule has 0 bridgehead atoms. The Morgan fingerprint density at radius 2 is 1.92 bits per heavy atom. The van der Waals surface area contributed by atoms with Crippen molar-refractivity contribution >= 4 is 35.0 Å². The first-order chi connectivity index (χ1) is 12.2. The summed E-state index contributed by atoms with van der Waals surface area (Å²) in [6.07, 6.45) is 0. The van der Waals surface area contributed by atoms with Crippen LogP contribution < -0.4 is 4.74 Å². The summed E-state index contributed by atoms with van der Waals surface area (Å²) in [7, 11) is 0. The van der Waals surface area contributed by atoms with Gasteiger partial charge in [-0.25, -0.2) is 0 Å². The molecule has 0 spiro atoms. The van der Waals surface area contributed by atoms with E-state index in [0.717, 1.165) is 33.9 Å². The van der Waals surface area contributed by atoms with E-state index in [4.69, 9.17) is 27.9 Å². The zero-order valence-electron chi connectivity index (χ0n) is 13.7. The first kappa shape index (κ1) is 18.1. The Bertz CT molecular complexity index is 854. The summed E-state index contributed by atoms with van der Waals surface area (Å²) < 4.78 is 7.82. The van der Waals surface area contributed by atoms with E-state index in [-0.39, 0.29) is 0 Å². The lowest BCUT2D eigenvalue weighted by atomic mass is 10.2. The summed E-state index contributed by atoms with van der Waals surface area (Å²) >= 11 is 13.8. The van der Waals surface area contributed by atoms with Gasteiger partial charge in [0.2, 0.25) is 0 Å². The summed E-state index contributed by atoms with van der Waals surface area (Å²) in [6, 6.07) is 15.2. The third kappa shape index (κ3) is 4.69.